The highest BCUT2D eigenvalue weighted by Crippen LogP contribution is 2.43. The zero-order valence-corrected chi connectivity index (χ0v) is 12.5. The molecule has 0 aromatic carbocycles. The van der Waals surface area contributed by atoms with Crippen molar-refractivity contribution < 1.29 is 32.8 Å². The van der Waals surface area contributed by atoms with Gasteiger partial charge in [0.1, 0.15) is 12.6 Å². The third-order valence-corrected chi connectivity index (χ3v) is 4.05. The Labute approximate surface area is 125 Å². The van der Waals surface area contributed by atoms with Crippen molar-refractivity contribution in [2.75, 3.05) is 13.7 Å². The lowest BCUT2D eigenvalue weighted by Crippen LogP contribution is -2.23. The summed E-state index contributed by atoms with van der Waals surface area (Å²) in [4.78, 5) is 34.9. The fourth-order valence-corrected chi connectivity index (χ4v) is 2.41. The number of rotatable bonds is 7. The second-order valence-corrected chi connectivity index (χ2v) is 6.08. The highest BCUT2D eigenvalue weighted by atomic mass is 31.2. The van der Waals surface area contributed by atoms with Gasteiger partial charge < -0.3 is 20.2 Å². The Hall–Kier alpha value is -1.65. The monoisotopic (exact) mass is 334 g/mol. The Balaban J connectivity index is 2.03. The van der Waals surface area contributed by atoms with E-state index in [0.717, 1.165) is 7.11 Å². The Morgan fingerprint density at radius 3 is 3.00 bits per heavy atom. The van der Waals surface area contributed by atoms with Crippen molar-refractivity contribution in [1.82, 2.24) is 14.8 Å². The van der Waals surface area contributed by atoms with Crippen LogP contribution in [0.15, 0.2) is 6.33 Å². The molecule has 1 aliphatic rings. The standard InChI is InChI=1S/C10H15N4O7P/c1-19-22(17,18)20-4-7-6(3-15)2-8(21-7)14-5-12-10(13-14)9(11)16/h3,5-8H,2,4H2,1H3,(H2,11,16)(H,17,18)/t6?,7?,8-/m1/s1. The Kier molecular flexibility index (Phi) is 5.04. The zero-order chi connectivity index (χ0) is 16.3. The van der Waals surface area contributed by atoms with E-state index in [1.54, 1.807) is 0 Å². The highest BCUT2D eigenvalue weighted by molar-refractivity contribution is 7.47. The number of hydrogen-bond donors (Lipinski definition) is 2. The second-order valence-electron chi connectivity index (χ2n) is 4.52. The number of nitrogens with zero attached hydrogens (tertiary/aromatic N) is 3. The van der Waals surface area contributed by atoms with Gasteiger partial charge in [-0.05, 0) is 0 Å². The first-order chi connectivity index (χ1) is 10.4. The van der Waals surface area contributed by atoms with Crippen LogP contribution in [-0.2, 0) is 23.1 Å². The minimum atomic E-state index is -4.16. The molecule has 122 valence electrons. The fraction of sp³-hybridized carbons (Fsp3) is 0.600. The molecule has 11 nitrogen and oxygen atoms in total. The molecule has 0 radical (unpaired) electrons. The van der Waals surface area contributed by atoms with E-state index in [9.17, 15) is 19.0 Å². The Morgan fingerprint density at radius 2 is 2.45 bits per heavy atom. The lowest BCUT2D eigenvalue weighted by Gasteiger charge is -2.16. The first kappa shape index (κ1) is 16.7. The van der Waals surface area contributed by atoms with E-state index in [-0.39, 0.29) is 18.9 Å². The maximum absolute atomic E-state index is 11.3. The molecule has 0 bridgehead atoms. The van der Waals surface area contributed by atoms with Crippen LogP contribution in [0, 0.1) is 5.92 Å². The van der Waals surface area contributed by atoms with Crippen LogP contribution in [0.2, 0.25) is 0 Å². The minimum Gasteiger partial charge on any atom is -0.363 e. The molecule has 1 amide bonds. The van der Waals surface area contributed by atoms with Crippen LogP contribution in [0.1, 0.15) is 23.3 Å². The van der Waals surface area contributed by atoms with Crippen molar-refractivity contribution in [2.45, 2.75) is 18.8 Å². The number of phosphoric acid groups is 1. The summed E-state index contributed by atoms with van der Waals surface area (Å²) in [5, 5.41) is 3.84. The number of amides is 1. The van der Waals surface area contributed by atoms with E-state index < -0.39 is 32.0 Å². The predicted molar refractivity (Wildman–Crippen MR) is 69.4 cm³/mol. The number of aldehydes is 1. The van der Waals surface area contributed by atoms with Gasteiger partial charge in [-0.15, -0.1) is 5.10 Å². The maximum atomic E-state index is 11.3. The topological polar surface area (TPSA) is 156 Å². The van der Waals surface area contributed by atoms with E-state index >= 15 is 0 Å². The van der Waals surface area contributed by atoms with E-state index in [1.807, 2.05) is 0 Å². The molecule has 2 rings (SSSR count). The van der Waals surface area contributed by atoms with Crippen molar-refractivity contribution in [3.63, 3.8) is 0 Å². The van der Waals surface area contributed by atoms with Crippen LogP contribution in [0.4, 0.5) is 0 Å². The second kappa shape index (κ2) is 6.63. The summed E-state index contributed by atoms with van der Waals surface area (Å²) < 4.78 is 27.0. The summed E-state index contributed by atoms with van der Waals surface area (Å²) in [6, 6.07) is 0. The molecule has 1 aromatic rings. The molecule has 3 N–H and O–H groups in total. The van der Waals surface area contributed by atoms with Crippen molar-refractivity contribution >= 4 is 20.0 Å². The van der Waals surface area contributed by atoms with Gasteiger partial charge in [0.15, 0.2) is 6.23 Å². The van der Waals surface area contributed by atoms with Gasteiger partial charge in [-0.1, -0.05) is 0 Å². The summed E-state index contributed by atoms with van der Waals surface area (Å²) in [6.07, 6.45) is 0.753. The number of ether oxygens (including phenoxy) is 1. The smallest absolute Gasteiger partial charge is 0.363 e. The molecule has 4 atom stereocenters. The molecular formula is C10H15N4O7P. The summed E-state index contributed by atoms with van der Waals surface area (Å²) in [5.74, 6) is -1.53. The van der Waals surface area contributed by atoms with E-state index in [2.05, 4.69) is 14.6 Å². The van der Waals surface area contributed by atoms with Crippen LogP contribution in [-0.4, -0.2) is 51.7 Å². The highest BCUT2D eigenvalue weighted by Gasteiger charge is 2.38. The number of phosphoric ester groups is 1. The van der Waals surface area contributed by atoms with Crippen LogP contribution < -0.4 is 5.73 Å². The van der Waals surface area contributed by atoms with Gasteiger partial charge in [0.05, 0.1) is 12.7 Å². The molecule has 0 spiro atoms. The first-order valence-electron chi connectivity index (χ1n) is 6.21. The third-order valence-electron chi connectivity index (χ3n) is 3.11. The Morgan fingerprint density at radius 1 is 1.73 bits per heavy atom. The molecule has 1 aromatic heterocycles. The van der Waals surface area contributed by atoms with Crippen LogP contribution in [0.5, 0.6) is 0 Å². The van der Waals surface area contributed by atoms with Gasteiger partial charge in [-0.2, -0.15) is 0 Å². The molecule has 22 heavy (non-hydrogen) atoms. The van der Waals surface area contributed by atoms with E-state index in [0.29, 0.717) is 6.29 Å². The van der Waals surface area contributed by atoms with Gasteiger partial charge >= 0.3 is 7.82 Å². The van der Waals surface area contributed by atoms with Gasteiger partial charge in [0.25, 0.3) is 5.91 Å². The van der Waals surface area contributed by atoms with Gasteiger partial charge in [-0.25, -0.2) is 14.2 Å². The lowest BCUT2D eigenvalue weighted by molar-refractivity contribution is -0.113. The normalized spacial score (nSPS) is 27.5. The fourth-order valence-electron chi connectivity index (χ4n) is 1.97. The van der Waals surface area contributed by atoms with Gasteiger partial charge in [0, 0.05) is 19.4 Å². The molecule has 2 heterocycles. The molecular weight excluding hydrogens is 319 g/mol. The number of carbonyl (C=O) groups is 2. The number of primary amides is 1. The van der Waals surface area contributed by atoms with E-state index in [1.165, 1.54) is 11.0 Å². The SMILES string of the molecule is COP(=O)(O)OCC1O[C@@H](n2cnc(C(N)=O)n2)CC1C=O. The number of nitrogens with two attached hydrogens (primary N) is 1. The zero-order valence-electron chi connectivity index (χ0n) is 11.6. The molecule has 1 fully saturated rings. The molecule has 0 saturated carbocycles. The molecule has 1 aliphatic heterocycles. The van der Waals surface area contributed by atoms with Gasteiger partial charge in [-0.3, -0.25) is 13.8 Å². The Bertz CT molecular complexity index is 606. The molecule has 1 saturated heterocycles. The lowest BCUT2D eigenvalue weighted by atomic mass is 10.0. The maximum Gasteiger partial charge on any atom is 0.472 e. The van der Waals surface area contributed by atoms with Gasteiger partial charge in [0.2, 0.25) is 5.82 Å². The molecule has 12 heteroatoms. The average molecular weight is 334 g/mol. The van der Waals surface area contributed by atoms with Crippen molar-refractivity contribution in [2.24, 2.45) is 11.7 Å². The van der Waals surface area contributed by atoms with Crippen LogP contribution in [0.25, 0.3) is 0 Å². The summed E-state index contributed by atoms with van der Waals surface area (Å²) in [6.45, 7) is -0.307. The molecule has 0 aliphatic carbocycles. The first-order valence-corrected chi connectivity index (χ1v) is 7.70. The number of hydrogen-bond acceptors (Lipinski definition) is 8. The summed E-state index contributed by atoms with van der Waals surface area (Å²) in [7, 11) is -3.13. The quantitative estimate of drug-likeness (QED) is 0.483. The number of aromatic nitrogens is 3. The van der Waals surface area contributed by atoms with E-state index in [4.69, 9.17) is 15.0 Å². The number of carbonyl (C=O) groups excluding carboxylic acids is 2. The average Bonchev–Trinajstić information content (AvgIpc) is 3.11. The predicted octanol–water partition coefficient (Wildman–Crippen LogP) is -0.757. The largest absolute Gasteiger partial charge is 0.472 e. The van der Waals surface area contributed by atoms with Crippen LogP contribution >= 0.6 is 7.82 Å². The van der Waals surface area contributed by atoms with Crippen LogP contribution in [0.3, 0.4) is 0 Å². The van der Waals surface area contributed by atoms with Crippen molar-refractivity contribution in [1.29, 1.82) is 0 Å². The third kappa shape index (κ3) is 3.76. The minimum absolute atomic E-state index is 0.176. The van der Waals surface area contributed by atoms with Crippen molar-refractivity contribution in [3.8, 4) is 0 Å². The molecule has 3 unspecified atom stereocenters. The van der Waals surface area contributed by atoms with Crippen molar-refractivity contribution in [3.05, 3.63) is 12.2 Å². The summed E-state index contributed by atoms with van der Waals surface area (Å²) in [5.41, 5.74) is 5.05. The summed E-state index contributed by atoms with van der Waals surface area (Å²) >= 11 is 0.